The van der Waals surface area contributed by atoms with Gasteiger partial charge in [-0.15, -0.1) is 0 Å². The highest BCUT2D eigenvalue weighted by Gasteiger charge is 2.06. The zero-order valence-corrected chi connectivity index (χ0v) is 7.85. The van der Waals surface area contributed by atoms with Crippen LogP contribution in [-0.2, 0) is 9.84 Å². The Balaban J connectivity index is 3.33. The molecule has 0 saturated carbocycles. The molecule has 0 unspecified atom stereocenters. The molecule has 2 nitrogen and oxygen atoms in total. The van der Waals surface area contributed by atoms with Crippen molar-refractivity contribution in [3.05, 3.63) is 23.8 Å². The third-order valence-electron chi connectivity index (χ3n) is 1.67. The van der Waals surface area contributed by atoms with Crippen LogP contribution in [0, 0.1) is 6.92 Å². The zero-order valence-electron chi connectivity index (χ0n) is 7.03. The maximum atomic E-state index is 11.1. The highest BCUT2D eigenvalue weighted by atomic mass is 32.2. The number of sulfone groups is 1. The van der Waals surface area contributed by atoms with Crippen molar-refractivity contribution in [2.24, 2.45) is 0 Å². The topological polar surface area (TPSA) is 34.1 Å². The van der Waals surface area contributed by atoms with Gasteiger partial charge in [0.15, 0.2) is 9.84 Å². The Kier molecular flexibility index (Phi) is 2.28. The fourth-order valence-corrected chi connectivity index (χ4v) is 1.58. The number of hydrogen-bond acceptors (Lipinski definition) is 2. The quantitative estimate of drug-likeness (QED) is 0.578. The van der Waals surface area contributed by atoms with Crippen LogP contribution >= 0.6 is 0 Å². The normalized spacial score (nSPS) is 11.5. The molecular formula is C8H9BO2S. The Bertz CT molecular complexity index is 396. The predicted molar refractivity (Wildman–Crippen MR) is 49.7 cm³/mol. The molecule has 12 heavy (non-hydrogen) atoms. The van der Waals surface area contributed by atoms with E-state index in [1.165, 1.54) is 12.3 Å². The zero-order chi connectivity index (χ0) is 9.35. The molecule has 1 aromatic rings. The van der Waals surface area contributed by atoms with Gasteiger partial charge in [-0.05, 0) is 19.1 Å². The van der Waals surface area contributed by atoms with Crippen molar-refractivity contribution >= 4 is 23.1 Å². The van der Waals surface area contributed by atoms with Crippen LogP contribution in [-0.4, -0.2) is 22.5 Å². The van der Waals surface area contributed by atoms with Crippen LogP contribution in [0.1, 0.15) is 5.56 Å². The van der Waals surface area contributed by atoms with Crippen LogP contribution in [0.25, 0.3) is 0 Å². The highest BCUT2D eigenvalue weighted by Crippen LogP contribution is 2.08. The average molecular weight is 180 g/mol. The first-order chi connectivity index (χ1) is 5.41. The van der Waals surface area contributed by atoms with E-state index in [1.54, 1.807) is 19.1 Å². The van der Waals surface area contributed by atoms with Gasteiger partial charge in [0.25, 0.3) is 0 Å². The SMILES string of the molecule is [B]c1ccc(S(C)(=O)=O)cc1C. The molecule has 0 bridgehead atoms. The van der Waals surface area contributed by atoms with Crippen LogP contribution < -0.4 is 5.46 Å². The van der Waals surface area contributed by atoms with Gasteiger partial charge < -0.3 is 0 Å². The van der Waals surface area contributed by atoms with Crippen molar-refractivity contribution in [3.63, 3.8) is 0 Å². The first kappa shape index (κ1) is 9.32. The summed E-state index contributed by atoms with van der Waals surface area (Å²) in [4.78, 5) is 0.314. The van der Waals surface area contributed by atoms with Crippen molar-refractivity contribution < 1.29 is 8.42 Å². The van der Waals surface area contributed by atoms with Gasteiger partial charge in [0.05, 0.1) is 4.90 Å². The molecule has 0 N–H and O–H groups in total. The first-order valence-corrected chi connectivity index (χ1v) is 5.36. The van der Waals surface area contributed by atoms with Gasteiger partial charge in [0.2, 0.25) is 0 Å². The van der Waals surface area contributed by atoms with Gasteiger partial charge >= 0.3 is 0 Å². The minimum Gasteiger partial charge on any atom is -0.224 e. The van der Waals surface area contributed by atoms with Crippen LogP contribution in [0.5, 0.6) is 0 Å². The Labute approximate surface area is 73.9 Å². The van der Waals surface area contributed by atoms with Crippen LogP contribution in [0.4, 0.5) is 0 Å². The molecule has 1 rings (SSSR count). The minimum absolute atomic E-state index is 0.314. The molecule has 0 saturated heterocycles. The maximum Gasteiger partial charge on any atom is 0.175 e. The fourth-order valence-electron chi connectivity index (χ4n) is 0.879. The van der Waals surface area contributed by atoms with E-state index in [-0.39, 0.29) is 0 Å². The smallest absolute Gasteiger partial charge is 0.175 e. The molecule has 0 aliphatic heterocycles. The summed E-state index contributed by atoms with van der Waals surface area (Å²) in [5.74, 6) is 0. The molecular weight excluding hydrogens is 171 g/mol. The standard InChI is InChI=1S/C8H9BO2S/c1-6-5-7(12(2,10)11)3-4-8(6)9/h3-5H,1-2H3. The molecule has 0 spiro atoms. The van der Waals surface area contributed by atoms with E-state index in [4.69, 9.17) is 7.85 Å². The summed E-state index contributed by atoms with van der Waals surface area (Å²) in [7, 11) is 2.44. The fraction of sp³-hybridized carbons (Fsp3) is 0.250. The van der Waals surface area contributed by atoms with Gasteiger partial charge in [0.1, 0.15) is 7.85 Å². The van der Waals surface area contributed by atoms with Crippen molar-refractivity contribution in [2.45, 2.75) is 11.8 Å². The minimum atomic E-state index is -3.10. The third kappa shape index (κ3) is 1.88. The van der Waals surface area contributed by atoms with Crippen LogP contribution in [0.15, 0.2) is 23.1 Å². The second-order valence-corrected chi connectivity index (χ2v) is 4.81. The number of aryl methyl sites for hydroxylation is 1. The summed E-state index contributed by atoms with van der Waals surface area (Å²) in [6, 6.07) is 4.69. The van der Waals surface area contributed by atoms with E-state index < -0.39 is 9.84 Å². The van der Waals surface area contributed by atoms with E-state index in [0.29, 0.717) is 10.4 Å². The van der Waals surface area contributed by atoms with Gasteiger partial charge in [0, 0.05) is 6.26 Å². The molecule has 0 fully saturated rings. The Morgan fingerprint density at radius 3 is 2.33 bits per heavy atom. The molecule has 0 aliphatic rings. The van der Waals surface area contributed by atoms with Crippen LogP contribution in [0.3, 0.4) is 0 Å². The van der Waals surface area contributed by atoms with Gasteiger partial charge in [-0.3, -0.25) is 0 Å². The number of hydrogen-bond donors (Lipinski definition) is 0. The molecule has 0 amide bonds. The van der Waals surface area contributed by atoms with Gasteiger partial charge in [-0.1, -0.05) is 17.1 Å². The van der Waals surface area contributed by atoms with Crippen molar-refractivity contribution in [1.82, 2.24) is 0 Å². The second kappa shape index (κ2) is 2.94. The molecule has 1 aromatic carbocycles. The lowest BCUT2D eigenvalue weighted by Gasteiger charge is -2.02. The molecule has 62 valence electrons. The second-order valence-electron chi connectivity index (χ2n) is 2.79. The van der Waals surface area contributed by atoms with Crippen molar-refractivity contribution in [3.8, 4) is 0 Å². The van der Waals surface area contributed by atoms with Gasteiger partial charge in [-0.2, -0.15) is 0 Å². The molecule has 0 atom stereocenters. The van der Waals surface area contributed by atoms with E-state index in [0.717, 1.165) is 5.56 Å². The summed E-state index contributed by atoms with van der Waals surface area (Å²) < 4.78 is 22.1. The Morgan fingerprint density at radius 2 is 1.92 bits per heavy atom. The van der Waals surface area contributed by atoms with E-state index in [9.17, 15) is 8.42 Å². The highest BCUT2D eigenvalue weighted by molar-refractivity contribution is 7.90. The largest absolute Gasteiger partial charge is 0.224 e. The average Bonchev–Trinajstić information content (AvgIpc) is 1.92. The molecule has 2 radical (unpaired) electrons. The summed E-state index contributed by atoms with van der Waals surface area (Å²) in [6.07, 6.45) is 1.18. The molecule has 0 aliphatic carbocycles. The summed E-state index contributed by atoms with van der Waals surface area (Å²) in [5, 5.41) is 0. The van der Waals surface area contributed by atoms with Crippen molar-refractivity contribution in [2.75, 3.05) is 6.26 Å². The van der Waals surface area contributed by atoms with E-state index in [1.807, 2.05) is 0 Å². The lowest BCUT2D eigenvalue weighted by Crippen LogP contribution is -2.08. The first-order valence-electron chi connectivity index (χ1n) is 3.47. The molecule has 0 aromatic heterocycles. The van der Waals surface area contributed by atoms with E-state index >= 15 is 0 Å². The predicted octanol–water partition coefficient (Wildman–Crippen LogP) is 0.192. The van der Waals surface area contributed by atoms with Crippen molar-refractivity contribution in [1.29, 1.82) is 0 Å². The number of benzene rings is 1. The summed E-state index contributed by atoms with van der Waals surface area (Å²) in [6.45, 7) is 1.78. The lowest BCUT2D eigenvalue weighted by molar-refractivity contribution is 0.602. The summed E-state index contributed by atoms with van der Waals surface area (Å²) >= 11 is 0. The van der Waals surface area contributed by atoms with Gasteiger partial charge in [-0.25, -0.2) is 8.42 Å². The monoisotopic (exact) mass is 180 g/mol. The lowest BCUT2D eigenvalue weighted by atomic mass is 9.92. The third-order valence-corrected chi connectivity index (χ3v) is 2.78. The molecule has 0 heterocycles. The Morgan fingerprint density at radius 1 is 1.33 bits per heavy atom. The van der Waals surface area contributed by atoms with Crippen LogP contribution in [0.2, 0.25) is 0 Å². The molecule has 4 heteroatoms. The Hall–Kier alpha value is -0.765. The number of rotatable bonds is 1. The van der Waals surface area contributed by atoms with E-state index in [2.05, 4.69) is 0 Å². The maximum absolute atomic E-state index is 11.1. The summed E-state index contributed by atoms with van der Waals surface area (Å²) in [5.41, 5.74) is 1.40.